The summed E-state index contributed by atoms with van der Waals surface area (Å²) >= 11 is 0. The molecule has 3 heteroatoms. The van der Waals surface area contributed by atoms with Gasteiger partial charge in [-0.3, -0.25) is 4.79 Å². The summed E-state index contributed by atoms with van der Waals surface area (Å²) in [6.07, 6.45) is 4.16. The number of carbonyl (C=O) groups excluding carboxylic acids is 1. The minimum Gasteiger partial charge on any atom is -0.507 e. The second kappa shape index (κ2) is 6.42. The molecule has 1 aromatic carbocycles. The molecular formula is C21H32O3. The van der Waals surface area contributed by atoms with Crippen LogP contribution in [0.3, 0.4) is 0 Å². The second-order valence-electron chi connectivity index (χ2n) is 8.92. The highest BCUT2D eigenvalue weighted by Gasteiger charge is 2.35. The van der Waals surface area contributed by atoms with E-state index in [9.17, 15) is 9.90 Å². The van der Waals surface area contributed by atoms with Crippen LogP contribution in [0.15, 0.2) is 0 Å². The maximum atomic E-state index is 12.1. The first-order chi connectivity index (χ1) is 11.0. The minimum atomic E-state index is -0.213. The molecule has 0 aliphatic heterocycles. The molecule has 0 unspecified atom stereocenters. The van der Waals surface area contributed by atoms with Crippen molar-refractivity contribution in [3.8, 4) is 11.5 Å². The smallest absolute Gasteiger partial charge is 0.310 e. The van der Waals surface area contributed by atoms with E-state index in [1.807, 2.05) is 6.92 Å². The number of phenols is 1. The van der Waals surface area contributed by atoms with Gasteiger partial charge in [-0.15, -0.1) is 0 Å². The zero-order chi connectivity index (χ0) is 18.3. The van der Waals surface area contributed by atoms with Gasteiger partial charge in [-0.25, -0.2) is 0 Å². The topological polar surface area (TPSA) is 46.5 Å². The molecule has 0 saturated heterocycles. The third kappa shape index (κ3) is 3.45. The molecule has 0 fully saturated rings. The van der Waals surface area contributed by atoms with Gasteiger partial charge in [0.2, 0.25) is 0 Å². The van der Waals surface area contributed by atoms with Crippen molar-refractivity contribution >= 4 is 5.97 Å². The Balaban J connectivity index is 2.90. The molecule has 3 nitrogen and oxygen atoms in total. The first-order valence-corrected chi connectivity index (χ1v) is 9.10. The number of fused-ring (bicyclic) bond motifs is 2. The van der Waals surface area contributed by atoms with Crippen LogP contribution >= 0.6 is 0 Å². The summed E-state index contributed by atoms with van der Waals surface area (Å²) in [6, 6.07) is 0. The summed E-state index contributed by atoms with van der Waals surface area (Å²) in [5.41, 5.74) is 3.52. The Morgan fingerprint density at radius 2 is 1.38 bits per heavy atom. The number of ether oxygens (including phenoxy) is 1. The maximum Gasteiger partial charge on any atom is 0.310 e. The Morgan fingerprint density at radius 3 is 1.71 bits per heavy atom. The van der Waals surface area contributed by atoms with E-state index in [4.69, 9.17) is 4.74 Å². The van der Waals surface area contributed by atoms with Crippen molar-refractivity contribution in [2.45, 2.75) is 91.4 Å². The van der Waals surface area contributed by atoms with Gasteiger partial charge in [0.25, 0.3) is 0 Å². The van der Waals surface area contributed by atoms with Crippen LogP contribution in [0.5, 0.6) is 11.5 Å². The minimum absolute atomic E-state index is 0.204. The van der Waals surface area contributed by atoms with Crippen LogP contribution in [0.1, 0.15) is 90.0 Å². The molecule has 0 radical (unpaired) electrons. The summed E-state index contributed by atoms with van der Waals surface area (Å²) in [5.74, 6) is 0.926. The molecule has 1 aliphatic carbocycles. The lowest BCUT2D eigenvalue weighted by atomic mass is 9.74. The molecule has 0 saturated carbocycles. The maximum absolute atomic E-state index is 12.1. The summed E-state index contributed by atoms with van der Waals surface area (Å²) < 4.78 is 5.82. The lowest BCUT2D eigenvalue weighted by molar-refractivity contribution is -0.134. The number of benzene rings is 1. The Hall–Kier alpha value is -1.51. The molecule has 1 aliphatic rings. The number of hydrogen-bond donors (Lipinski definition) is 1. The van der Waals surface area contributed by atoms with Crippen molar-refractivity contribution in [1.82, 2.24) is 0 Å². The largest absolute Gasteiger partial charge is 0.507 e. The molecule has 24 heavy (non-hydrogen) atoms. The van der Waals surface area contributed by atoms with Crippen molar-refractivity contribution in [2.24, 2.45) is 0 Å². The fraction of sp³-hybridized carbons (Fsp3) is 0.667. The lowest BCUT2D eigenvalue weighted by Gasteiger charge is -2.33. The standard InChI is InChI=1S/C21H32O3/c1-8-15(22)24-19-13-11-9-10-12-14(19)17(21(5,6)7)18(23)16(13)20(2,3)4/h23H,8-12H2,1-7H3. The van der Waals surface area contributed by atoms with Crippen molar-refractivity contribution in [3.05, 3.63) is 22.3 Å². The third-order valence-corrected chi connectivity index (χ3v) is 4.73. The molecule has 0 spiro atoms. The Morgan fingerprint density at radius 1 is 0.958 bits per heavy atom. The van der Waals surface area contributed by atoms with Crippen LogP contribution in [0.2, 0.25) is 0 Å². The zero-order valence-corrected chi connectivity index (χ0v) is 16.3. The van der Waals surface area contributed by atoms with E-state index in [0.717, 1.165) is 53.7 Å². The monoisotopic (exact) mass is 332 g/mol. The van der Waals surface area contributed by atoms with Gasteiger partial charge in [-0.1, -0.05) is 48.5 Å². The SMILES string of the molecule is CCC(=O)Oc1c2c(C(C)(C)C)c(O)c(C(C)(C)C)c1CCCC2. The summed E-state index contributed by atoms with van der Waals surface area (Å²) in [6.45, 7) is 14.5. The molecule has 2 bridgehead atoms. The number of aromatic hydroxyl groups is 1. The lowest BCUT2D eigenvalue weighted by Crippen LogP contribution is -2.23. The van der Waals surface area contributed by atoms with E-state index in [-0.39, 0.29) is 16.8 Å². The average Bonchev–Trinajstić information content (AvgIpc) is 2.56. The fourth-order valence-electron chi connectivity index (χ4n) is 3.83. The van der Waals surface area contributed by atoms with Crippen LogP contribution in [-0.2, 0) is 28.5 Å². The molecular weight excluding hydrogens is 300 g/mol. The van der Waals surface area contributed by atoms with E-state index < -0.39 is 0 Å². The van der Waals surface area contributed by atoms with E-state index in [1.165, 1.54) is 0 Å². The number of hydrogen-bond acceptors (Lipinski definition) is 3. The van der Waals surface area contributed by atoms with E-state index in [2.05, 4.69) is 41.5 Å². The first-order valence-electron chi connectivity index (χ1n) is 9.10. The van der Waals surface area contributed by atoms with Gasteiger partial charge in [0.05, 0.1) is 0 Å². The summed E-state index contributed by atoms with van der Waals surface area (Å²) in [4.78, 5) is 12.1. The number of rotatable bonds is 2. The Bertz CT molecular complexity index is 598. The van der Waals surface area contributed by atoms with Gasteiger partial charge in [-0.05, 0) is 36.5 Å². The highest BCUT2D eigenvalue weighted by atomic mass is 16.5. The predicted molar refractivity (Wildman–Crippen MR) is 98.1 cm³/mol. The summed E-state index contributed by atoms with van der Waals surface area (Å²) in [7, 11) is 0. The van der Waals surface area contributed by atoms with Crippen molar-refractivity contribution in [3.63, 3.8) is 0 Å². The molecule has 0 heterocycles. The third-order valence-electron chi connectivity index (χ3n) is 4.73. The Kier molecular flexibility index (Phi) is 5.03. The molecule has 0 aromatic heterocycles. The quantitative estimate of drug-likeness (QED) is 0.599. The fourth-order valence-corrected chi connectivity index (χ4v) is 3.83. The van der Waals surface area contributed by atoms with Gasteiger partial charge in [-0.2, -0.15) is 0 Å². The highest BCUT2D eigenvalue weighted by molar-refractivity contribution is 5.75. The zero-order valence-electron chi connectivity index (χ0n) is 16.3. The normalized spacial score (nSPS) is 15.1. The van der Waals surface area contributed by atoms with Crippen LogP contribution in [0.25, 0.3) is 0 Å². The van der Waals surface area contributed by atoms with Crippen LogP contribution in [0, 0.1) is 0 Å². The van der Waals surface area contributed by atoms with E-state index >= 15 is 0 Å². The van der Waals surface area contributed by atoms with Crippen molar-refractivity contribution in [2.75, 3.05) is 0 Å². The van der Waals surface area contributed by atoms with Gasteiger partial charge in [0.1, 0.15) is 11.5 Å². The van der Waals surface area contributed by atoms with Gasteiger partial charge >= 0.3 is 5.97 Å². The predicted octanol–water partition coefficient (Wildman–Crippen LogP) is 5.18. The van der Waals surface area contributed by atoms with Crippen LogP contribution in [-0.4, -0.2) is 11.1 Å². The van der Waals surface area contributed by atoms with Crippen LogP contribution in [0.4, 0.5) is 0 Å². The van der Waals surface area contributed by atoms with E-state index in [1.54, 1.807) is 0 Å². The molecule has 1 aromatic rings. The van der Waals surface area contributed by atoms with E-state index in [0.29, 0.717) is 12.2 Å². The molecule has 0 atom stereocenters. The van der Waals surface area contributed by atoms with Gasteiger partial charge in [0.15, 0.2) is 0 Å². The molecule has 1 N–H and O–H groups in total. The summed E-state index contributed by atoms with van der Waals surface area (Å²) in [5, 5.41) is 11.2. The molecule has 2 rings (SSSR count). The average molecular weight is 332 g/mol. The number of esters is 1. The molecule has 0 amide bonds. The van der Waals surface area contributed by atoms with Gasteiger partial charge < -0.3 is 9.84 Å². The number of phenolic OH excluding ortho intramolecular Hbond substituents is 1. The number of carbonyl (C=O) groups is 1. The highest BCUT2D eigenvalue weighted by Crippen LogP contribution is 2.50. The first kappa shape index (κ1) is 18.8. The van der Waals surface area contributed by atoms with Gasteiger partial charge in [0, 0.05) is 28.7 Å². The molecule has 134 valence electrons. The van der Waals surface area contributed by atoms with Crippen molar-refractivity contribution < 1.29 is 14.6 Å². The van der Waals surface area contributed by atoms with Crippen molar-refractivity contribution in [1.29, 1.82) is 0 Å². The van der Waals surface area contributed by atoms with Crippen LogP contribution < -0.4 is 4.74 Å². The second-order valence-corrected chi connectivity index (χ2v) is 8.92. The Labute approximate surface area is 146 Å².